The van der Waals surface area contributed by atoms with Gasteiger partial charge in [0.05, 0.1) is 0 Å². The Balaban J connectivity index is 2.08. The third-order valence-corrected chi connectivity index (χ3v) is 3.73. The Bertz CT molecular complexity index is 147. The number of nitrogens with one attached hydrogen (secondary N) is 1. The maximum atomic E-state index is 5.95. The highest BCUT2D eigenvalue weighted by Crippen LogP contribution is 2.42. The van der Waals surface area contributed by atoms with Gasteiger partial charge >= 0.3 is 0 Å². The summed E-state index contributed by atoms with van der Waals surface area (Å²) in [6.07, 6.45) is 7.92. The van der Waals surface area contributed by atoms with E-state index < -0.39 is 0 Å². The van der Waals surface area contributed by atoms with Gasteiger partial charge in [-0.1, -0.05) is 26.7 Å². The molecule has 2 nitrogen and oxygen atoms in total. The molecule has 2 heteroatoms. The van der Waals surface area contributed by atoms with E-state index >= 15 is 0 Å². The normalized spacial score (nSPS) is 21.6. The van der Waals surface area contributed by atoms with E-state index in [1.54, 1.807) is 0 Å². The van der Waals surface area contributed by atoms with Crippen LogP contribution in [0.3, 0.4) is 0 Å². The van der Waals surface area contributed by atoms with Crippen LogP contribution in [0.25, 0.3) is 0 Å². The molecule has 0 saturated heterocycles. The van der Waals surface area contributed by atoms with Gasteiger partial charge in [-0.05, 0) is 31.1 Å². The van der Waals surface area contributed by atoms with Crippen LogP contribution in [0, 0.1) is 5.41 Å². The van der Waals surface area contributed by atoms with Gasteiger partial charge in [-0.15, -0.1) is 0 Å². The molecule has 0 aromatic rings. The van der Waals surface area contributed by atoms with Crippen LogP contribution in [0.2, 0.25) is 0 Å². The molecule has 0 bridgehead atoms. The Hall–Kier alpha value is -0.0800. The van der Waals surface area contributed by atoms with Crippen molar-refractivity contribution >= 4 is 0 Å². The predicted molar refractivity (Wildman–Crippen MR) is 62.3 cm³/mol. The van der Waals surface area contributed by atoms with Gasteiger partial charge in [0.1, 0.15) is 0 Å². The molecule has 0 aliphatic heterocycles. The molecule has 0 spiro atoms. The van der Waals surface area contributed by atoms with Crippen LogP contribution < -0.4 is 11.1 Å². The lowest BCUT2D eigenvalue weighted by atomic mass is 9.67. The van der Waals surface area contributed by atoms with Gasteiger partial charge in [0, 0.05) is 19.1 Å². The van der Waals surface area contributed by atoms with E-state index in [9.17, 15) is 0 Å². The van der Waals surface area contributed by atoms with Crippen LogP contribution in [0.15, 0.2) is 0 Å². The largest absolute Gasteiger partial charge is 0.327 e. The van der Waals surface area contributed by atoms with Crippen LogP contribution in [-0.2, 0) is 0 Å². The summed E-state index contributed by atoms with van der Waals surface area (Å²) in [6, 6.07) is 0.356. The average Bonchev–Trinajstić information content (AvgIpc) is 2.10. The Morgan fingerprint density at radius 3 is 2.50 bits per heavy atom. The van der Waals surface area contributed by atoms with E-state index in [0.717, 1.165) is 13.0 Å². The van der Waals surface area contributed by atoms with Crippen LogP contribution >= 0.6 is 0 Å². The lowest BCUT2D eigenvalue weighted by molar-refractivity contribution is 0.123. The molecule has 0 radical (unpaired) electrons. The Morgan fingerprint density at radius 2 is 2.07 bits per heavy atom. The summed E-state index contributed by atoms with van der Waals surface area (Å²) >= 11 is 0. The summed E-state index contributed by atoms with van der Waals surface area (Å²) < 4.78 is 0. The summed E-state index contributed by atoms with van der Waals surface area (Å²) in [5.74, 6) is 0. The molecule has 1 fully saturated rings. The lowest BCUT2D eigenvalue weighted by Crippen LogP contribution is -2.43. The van der Waals surface area contributed by atoms with Crippen molar-refractivity contribution in [2.75, 3.05) is 13.1 Å². The van der Waals surface area contributed by atoms with Crippen LogP contribution in [0.5, 0.6) is 0 Å². The smallest absolute Gasteiger partial charge is 0.0165 e. The van der Waals surface area contributed by atoms with Gasteiger partial charge < -0.3 is 11.1 Å². The quantitative estimate of drug-likeness (QED) is 0.658. The van der Waals surface area contributed by atoms with Crippen molar-refractivity contribution in [3.8, 4) is 0 Å². The zero-order valence-corrected chi connectivity index (χ0v) is 9.81. The maximum absolute atomic E-state index is 5.95. The molecule has 1 aliphatic rings. The van der Waals surface area contributed by atoms with Gasteiger partial charge in [-0.25, -0.2) is 0 Å². The van der Waals surface area contributed by atoms with E-state index in [4.69, 9.17) is 5.73 Å². The fraction of sp³-hybridized carbons (Fsp3) is 1.00. The highest BCUT2D eigenvalue weighted by Gasteiger charge is 2.34. The second-order valence-corrected chi connectivity index (χ2v) is 4.89. The molecule has 0 amide bonds. The van der Waals surface area contributed by atoms with E-state index in [-0.39, 0.29) is 0 Å². The molecule has 14 heavy (non-hydrogen) atoms. The van der Waals surface area contributed by atoms with E-state index in [1.807, 2.05) is 0 Å². The second kappa shape index (κ2) is 5.72. The molecule has 0 aromatic carbocycles. The van der Waals surface area contributed by atoms with Crippen molar-refractivity contribution in [3.05, 3.63) is 0 Å². The molecule has 0 heterocycles. The highest BCUT2D eigenvalue weighted by molar-refractivity contribution is 4.88. The van der Waals surface area contributed by atoms with Crippen LogP contribution in [0.1, 0.15) is 52.4 Å². The average molecular weight is 198 g/mol. The first-order chi connectivity index (χ1) is 6.72. The molecule has 3 N–H and O–H groups in total. The van der Waals surface area contributed by atoms with E-state index in [2.05, 4.69) is 19.2 Å². The van der Waals surface area contributed by atoms with Crippen molar-refractivity contribution in [3.63, 3.8) is 0 Å². The first-order valence-corrected chi connectivity index (χ1v) is 6.19. The van der Waals surface area contributed by atoms with Crippen molar-refractivity contribution in [2.45, 2.75) is 58.4 Å². The van der Waals surface area contributed by atoms with Gasteiger partial charge in [0.2, 0.25) is 0 Å². The molecule has 0 aromatic heterocycles. The second-order valence-electron chi connectivity index (χ2n) is 4.89. The van der Waals surface area contributed by atoms with Gasteiger partial charge in [-0.2, -0.15) is 0 Å². The van der Waals surface area contributed by atoms with Gasteiger partial charge in [0.15, 0.2) is 0 Å². The van der Waals surface area contributed by atoms with E-state index in [1.165, 1.54) is 38.6 Å². The zero-order valence-electron chi connectivity index (χ0n) is 9.81. The summed E-state index contributed by atoms with van der Waals surface area (Å²) in [4.78, 5) is 0. The SMILES string of the molecule is CCCC(N)CNCC1(CC)CCC1. The molecular formula is C12H26N2. The number of nitrogens with two attached hydrogens (primary N) is 1. The van der Waals surface area contributed by atoms with Crippen molar-refractivity contribution in [1.82, 2.24) is 5.32 Å². The van der Waals surface area contributed by atoms with Gasteiger partial charge in [-0.3, -0.25) is 0 Å². The Kier molecular flexibility index (Phi) is 4.90. The standard InChI is InChI=1S/C12H26N2/c1-3-6-11(13)9-14-10-12(4-2)7-5-8-12/h11,14H,3-10,13H2,1-2H3. The monoisotopic (exact) mass is 198 g/mol. The topological polar surface area (TPSA) is 38.0 Å². The minimum Gasteiger partial charge on any atom is -0.327 e. The zero-order chi connectivity index (χ0) is 10.4. The highest BCUT2D eigenvalue weighted by atomic mass is 14.9. The molecule has 1 saturated carbocycles. The number of hydrogen-bond acceptors (Lipinski definition) is 2. The van der Waals surface area contributed by atoms with Crippen molar-refractivity contribution in [1.29, 1.82) is 0 Å². The van der Waals surface area contributed by atoms with Gasteiger partial charge in [0.25, 0.3) is 0 Å². The maximum Gasteiger partial charge on any atom is 0.0165 e. The third kappa shape index (κ3) is 3.25. The molecule has 1 rings (SSSR count). The minimum absolute atomic E-state index is 0.356. The summed E-state index contributed by atoms with van der Waals surface area (Å²) in [7, 11) is 0. The summed E-state index contributed by atoms with van der Waals surface area (Å²) in [6.45, 7) is 6.68. The summed E-state index contributed by atoms with van der Waals surface area (Å²) in [5.41, 5.74) is 6.58. The fourth-order valence-electron chi connectivity index (χ4n) is 2.33. The van der Waals surface area contributed by atoms with Crippen LogP contribution in [0.4, 0.5) is 0 Å². The Morgan fingerprint density at radius 1 is 1.36 bits per heavy atom. The fourth-order valence-corrected chi connectivity index (χ4v) is 2.33. The first-order valence-electron chi connectivity index (χ1n) is 6.19. The number of hydrogen-bond donors (Lipinski definition) is 2. The molecule has 84 valence electrons. The Labute approximate surface area is 88.6 Å². The minimum atomic E-state index is 0.356. The van der Waals surface area contributed by atoms with E-state index in [0.29, 0.717) is 11.5 Å². The molecule has 1 unspecified atom stereocenters. The van der Waals surface area contributed by atoms with Crippen molar-refractivity contribution in [2.24, 2.45) is 11.1 Å². The third-order valence-electron chi connectivity index (χ3n) is 3.73. The van der Waals surface area contributed by atoms with Crippen LogP contribution in [-0.4, -0.2) is 19.1 Å². The lowest BCUT2D eigenvalue weighted by Gasteiger charge is -2.41. The molecule has 1 aliphatic carbocycles. The van der Waals surface area contributed by atoms with Crippen molar-refractivity contribution < 1.29 is 0 Å². The molecule has 1 atom stereocenters. The number of rotatable bonds is 7. The summed E-state index contributed by atoms with van der Waals surface area (Å²) in [5, 5.41) is 3.54. The molecular weight excluding hydrogens is 172 g/mol. The predicted octanol–water partition coefficient (Wildman–Crippen LogP) is 2.28. The first kappa shape index (κ1) is 12.0.